The summed E-state index contributed by atoms with van der Waals surface area (Å²) in [4.78, 5) is 42.1. The molecule has 0 aliphatic heterocycles. The van der Waals surface area contributed by atoms with Crippen molar-refractivity contribution in [2.45, 2.75) is 6.92 Å². The number of rotatable bonds is 8. The van der Waals surface area contributed by atoms with Crippen molar-refractivity contribution in [3.05, 3.63) is 129 Å². The minimum atomic E-state index is -0.617. The van der Waals surface area contributed by atoms with Crippen LogP contribution in [-0.2, 0) is 4.79 Å². The minimum absolute atomic E-state index is 0.140. The van der Waals surface area contributed by atoms with Crippen molar-refractivity contribution in [2.75, 3.05) is 11.9 Å². The number of aryl methyl sites for hydroxylation is 1. The predicted octanol–water partition coefficient (Wildman–Crippen LogP) is 5.93. The maximum atomic E-state index is 13.6. The quantitative estimate of drug-likeness (QED) is 0.135. The van der Waals surface area contributed by atoms with Crippen LogP contribution in [0, 0.1) is 17.0 Å². The van der Waals surface area contributed by atoms with Crippen LogP contribution in [0.4, 0.5) is 11.4 Å². The topological polar surface area (TPSA) is 142 Å². The van der Waals surface area contributed by atoms with Gasteiger partial charge < -0.3 is 14.5 Å². The average molecular weight is 574 g/mol. The largest absolute Gasteiger partial charge is 0.476 e. The van der Waals surface area contributed by atoms with Gasteiger partial charge in [-0.1, -0.05) is 54.1 Å². The highest BCUT2D eigenvalue weighted by atomic mass is 16.6. The Balaban J connectivity index is 1.38. The number of ether oxygens (including phenoxy) is 1. The summed E-state index contributed by atoms with van der Waals surface area (Å²) in [5.41, 5.74) is 1.98. The second kappa shape index (κ2) is 11.4. The van der Waals surface area contributed by atoms with E-state index >= 15 is 0 Å². The monoisotopic (exact) mass is 573 g/mol. The number of para-hydroxylation sites is 3. The molecule has 0 unspecified atom stereocenters. The van der Waals surface area contributed by atoms with Gasteiger partial charge in [0.25, 0.3) is 11.5 Å². The first-order valence-corrected chi connectivity index (χ1v) is 13.2. The zero-order valence-electron chi connectivity index (χ0n) is 22.8. The lowest BCUT2D eigenvalue weighted by Gasteiger charge is -2.11. The van der Waals surface area contributed by atoms with Gasteiger partial charge in [-0.15, -0.1) is 0 Å². The predicted molar refractivity (Wildman–Crippen MR) is 163 cm³/mol. The number of hydrogen-bond acceptors (Lipinski definition) is 8. The molecule has 43 heavy (non-hydrogen) atoms. The van der Waals surface area contributed by atoms with Crippen LogP contribution < -0.4 is 15.6 Å². The van der Waals surface area contributed by atoms with Crippen LogP contribution >= 0.6 is 0 Å². The molecule has 0 aliphatic rings. The lowest BCUT2D eigenvalue weighted by molar-refractivity contribution is -0.385. The number of amides is 1. The molecule has 6 rings (SSSR count). The number of carbonyl (C=O) groups excluding carboxylic acids is 1. The molecule has 2 aromatic heterocycles. The highest BCUT2D eigenvalue weighted by Crippen LogP contribution is 2.31. The molecule has 0 saturated heterocycles. The highest BCUT2D eigenvalue weighted by Gasteiger charge is 2.21. The fraction of sp³-hybridized carbons (Fsp3) is 0.0625. The van der Waals surface area contributed by atoms with E-state index in [1.165, 1.54) is 24.4 Å². The fourth-order valence-electron chi connectivity index (χ4n) is 4.52. The number of carbonyl (C=O) groups is 1. The van der Waals surface area contributed by atoms with E-state index in [9.17, 15) is 19.7 Å². The van der Waals surface area contributed by atoms with Gasteiger partial charge >= 0.3 is 5.69 Å². The second-order valence-corrected chi connectivity index (χ2v) is 9.62. The van der Waals surface area contributed by atoms with Crippen LogP contribution in [0.5, 0.6) is 5.75 Å². The van der Waals surface area contributed by atoms with Gasteiger partial charge in [0.1, 0.15) is 5.58 Å². The summed E-state index contributed by atoms with van der Waals surface area (Å²) < 4.78 is 12.7. The third-order valence-electron chi connectivity index (χ3n) is 6.62. The number of furan rings is 1. The molecule has 0 saturated carbocycles. The van der Waals surface area contributed by atoms with Gasteiger partial charge in [-0.25, -0.2) is 4.98 Å². The molecule has 0 fully saturated rings. The van der Waals surface area contributed by atoms with Crippen molar-refractivity contribution in [2.24, 2.45) is 5.10 Å². The van der Waals surface area contributed by atoms with E-state index in [2.05, 4.69) is 15.4 Å². The molecule has 2 heterocycles. The molecule has 1 amide bonds. The first-order valence-electron chi connectivity index (χ1n) is 13.2. The van der Waals surface area contributed by atoms with Crippen LogP contribution in [-0.4, -0.2) is 33.3 Å². The maximum absolute atomic E-state index is 13.6. The standard InChI is InChI=1S/C32H23N5O6/c1-20-13-15-23(16-14-20)34-29(38)19-42-30-22(8-6-11-26(30)37(40)41)18-33-36-31(28-17-21-7-2-5-12-27(21)43-28)35-25-10-4-3-9-24(25)32(36)39/h2-18H,19H2,1H3,(H,34,38). The Morgan fingerprint density at radius 3 is 2.60 bits per heavy atom. The van der Waals surface area contributed by atoms with E-state index in [0.717, 1.165) is 15.6 Å². The molecule has 11 heteroatoms. The lowest BCUT2D eigenvalue weighted by atomic mass is 10.2. The van der Waals surface area contributed by atoms with E-state index in [1.54, 1.807) is 48.5 Å². The Bertz CT molecular complexity index is 2060. The van der Waals surface area contributed by atoms with Crippen LogP contribution in [0.2, 0.25) is 0 Å². The Hall–Kier alpha value is -6.10. The van der Waals surface area contributed by atoms with Gasteiger partial charge in [0.15, 0.2) is 12.4 Å². The van der Waals surface area contributed by atoms with Crippen molar-refractivity contribution in [1.29, 1.82) is 0 Å². The number of fused-ring (bicyclic) bond motifs is 2. The van der Waals surface area contributed by atoms with Gasteiger partial charge in [0.2, 0.25) is 11.6 Å². The van der Waals surface area contributed by atoms with Gasteiger partial charge in [-0.2, -0.15) is 9.78 Å². The summed E-state index contributed by atoms with van der Waals surface area (Å²) in [5, 5.41) is 20.1. The Morgan fingerprint density at radius 1 is 1.05 bits per heavy atom. The molecule has 0 radical (unpaired) electrons. The van der Waals surface area contributed by atoms with Crippen molar-refractivity contribution in [3.8, 4) is 17.3 Å². The molecular formula is C32H23N5O6. The zero-order chi connectivity index (χ0) is 29.9. The van der Waals surface area contributed by atoms with Crippen molar-refractivity contribution >= 4 is 45.4 Å². The molecular weight excluding hydrogens is 550 g/mol. The highest BCUT2D eigenvalue weighted by molar-refractivity contribution is 5.92. The Morgan fingerprint density at radius 2 is 1.81 bits per heavy atom. The minimum Gasteiger partial charge on any atom is -0.476 e. The molecule has 0 bridgehead atoms. The number of benzene rings is 4. The molecule has 0 atom stereocenters. The first-order chi connectivity index (χ1) is 20.9. The van der Waals surface area contributed by atoms with Gasteiger partial charge in [-0.05, 0) is 49.4 Å². The Kier molecular flexibility index (Phi) is 7.19. The van der Waals surface area contributed by atoms with Crippen LogP contribution in [0.3, 0.4) is 0 Å². The summed E-state index contributed by atoms with van der Waals surface area (Å²) in [7, 11) is 0. The summed E-state index contributed by atoms with van der Waals surface area (Å²) >= 11 is 0. The zero-order valence-corrected chi connectivity index (χ0v) is 22.8. The molecule has 11 nitrogen and oxygen atoms in total. The lowest BCUT2D eigenvalue weighted by Crippen LogP contribution is -2.21. The van der Waals surface area contributed by atoms with Crippen LogP contribution in [0.1, 0.15) is 11.1 Å². The normalized spacial score (nSPS) is 11.3. The fourth-order valence-corrected chi connectivity index (χ4v) is 4.52. The Labute approximate surface area is 243 Å². The number of nitrogens with one attached hydrogen (secondary N) is 1. The molecule has 0 aliphatic carbocycles. The third-order valence-corrected chi connectivity index (χ3v) is 6.62. The number of nitro benzene ring substituents is 1. The van der Waals surface area contributed by atoms with E-state index in [1.807, 2.05) is 37.3 Å². The van der Waals surface area contributed by atoms with Crippen molar-refractivity contribution in [3.63, 3.8) is 0 Å². The van der Waals surface area contributed by atoms with Crippen LogP contribution in [0.25, 0.3) is 33.5 Å². The van der Waals surface area contributed by atoms with E-state index in [0.29, 0.717) is 27.9 Å². The second-order valence-electron chi connectivity index (χ2n) is 9.62. The molecule has 0 spiro atoms. The molecule has 4 aromatic carbocycles. The third kappa shape index (κ3) is 5.59. The summed E-state index contributed by atoms with van der Waals surface area (Å²) in [6.07, 6.45) is 1.25. The first kappa shape index (κ1) is 27.1. The number of nitro groups is 1. The summed E-state index contributed by atoms with van der Waals surface area (Å²) in [6.45, 7) is 1.43. The summed E-state index contributed by atoms with van der Waals surface area (Å²) in [6, 6.07) is 27.4. The number of hydrogen-bond donors (Lipinski definition) is 1. The molecule has 1 N–H and O–H groups in total. The molecule has 212 valence electrons. The SMILES string of the molecule is Cc1ccc(NC(=O)COc2c(C=Nn3c(-c4cc5ccccc5o4)nc4ccccc4c3=O)cccc2[N+](=O)[O-])cc1. The smallest absolute Gasteiger partial charge is 0.311 e. The number of aromatic nitrogens is 2. The van der Waals surface area contributed by atoms with Crippen molar-refractivity contribution < 1.29 is 18.9 Å². The van der Waals surface area contributed by atoms with Crippen LogP contribution in [0.15, 0.2) is 111 Å². The van der Waals surface area contributed by atoms with Gasteiger partial charge in [0.05, 0.1) is 22.0 Å². The molecule has 6 aromatic rings. The number of anilines is 1. The van der Waals surface area contributed by atoms with Gasteiger partial charge in [-0.3, -0.25) is 19.7 Å². The number of nitrogens with zero attached hydrogens (tertiary/aromatic N) is 4. The van der Waals surface area contributed by atoms with E-state index < -0.39 is 23.0 Å². The van der Waals surface area contributed by atoms with E-state index in [4.69, 9.17) is 9.15 Å². The summed E-state index contributed by atoms with van der Waals surface area (Å²) in [5.74, 6) is -0.236. The maximum Gasteiger partial charge on any atom is 0.311 e. The van der Waals surface area contributed by atoms with Crippen molar-refractivity contribution in [1.82, 2.24) is 9.66 Å². The van der Waals surface area contributed by atoms with E-state index in [-0.39, 0.29) is 22.8 Å². The average Bonchev–Trinajstić information content (AvgIpc) is 3.45. The van der Waals surface area contributed by atoms with Gasteiger partial charge in [0, 0.05) is 22.7 Å².